The minimum Gasteiger partial charge on any atom is -0.357 e. The average molecular weight is 240 g/mol. The van der Waals surface area contributed by atoms with E-state index in [1.165, 1.54) is 16.8 Å². The Balaban J connectivity index is 2.02. The molecule has 3 N–H and O–H groups in total. The molecule has 0 saturated carbocycles. The first-order valence-electron chi connectivity index (χ1n) is 6.05. The summed E-state index contributed by atoms with van der Waals surface area (Å²) in [5, 5.41) is 10.8. The van der Waals surface area contributed by atoms with E-state index < -0.39 is 0 Å². The van der Waals surface area contributed by atoms with Crippen molar-refractivity contribution in [3.63, 3.8) is 0 Å². The summed E-state index contributed by atoms with van der Waals surface area (Å²) in [5.41, 5.74) is 6.88. The maximum absolute atomic E-state index is 4.40. The lowest BCUT2D eigenvalue weighted by molar-refractivity contribution is 0.743. The van der Waals surface area contributed by atoms with E-state index in [0.717, 1.165) is 30.2 Å². The highest BCUT2D eigenvalue weighted by molar-refractivity contribution is 5.67. The first-order valence-corrected chi connectivity index (χ1v) is 6.05. The number of hydrogen-bond acceptors (Lipinski definition) is 2. The third-order valence-corrected chi connectivity index (χ3v) is 3.28. The summed E-state index contributed by atoms with van der Waals surface area (Å²) in [6.07, 6.45) is 5.77. The molecule has 4 nitrogen and oxygen atoms in total. The van der Waals surface area contributed by atoms with Crippen LogP contribution in [0.15, 0.2) is 24.8 Å². The van der Waals surface area contributed by atoms with Crippen molar-refractivity contribution < 1.29 is 0 Å². The topological polar surface area (TPSA) is 56.5 Å². The number of fused-ring (bicyclic) bond motifs is 1. The number of aromatic nitrogens is 3. The van der Waals surface area contributed by atoms with Crippen LogP contribution in [0.2, 0.25) is 0 Å². The van der Waals surface area contributed by atoms with Crippen LogP contribution in [0.3, 0.4) is 0 Å². The fourth-order valence-electron chi connectivity index (χ4n) is 2.32. The first kappa shape index (κ1) is 11.0. The van der Waals surface area contributed by atoms with Gasteiger partial charge in [0.2, 0.25) is 0 Å². The highest BCUT2D eigenvalue weighted by atomic mass is 15.2. The second-order valence-electron chi connectivity index (χ2n) is 4.49. The van der Waals surface area contributed by atoms with E-state index in [4.69, 9.17) is 0 Å². The molecule has 1 aliphatic heterocycles. The van der Waals surface area contributed by atoms with E-state index in [9.17, 15) is 0 Å². The molecule has 1 aliphatic rings. The molecular formula is C14H16N4. The molecule has 3 heterocycles. The van der Waals surface area contributed by atoms with E-state index in [1.54, 1.807) is 6.08 Å². The zero-order valence-corrected chi connectivity index (χ0v) is 10.4. The maximum atomic E-state index is 4.40. The second-order valence-corrected chi connectivity index (χ2v) is 4.49. The van der Waals surface area contributed by atoms with E-state index in [-0.39, 0.29) is 0 Å². The molecule has 0 atom stereocenters. The van der Waals surface area contributed by atoms with Crippen molar-refractivity contribution in [2.24, 2.45) is 0 Å². The van der Waals surface area contributed by atoms with Crippen molar-refractivity contribution in [1.29, 1.82) is 0 Å². The van der Waals surface area contributed by atoms with Crippen molar-refractivity contribution in [2.75, 3.05) is 0 Å². The fourth-order valence-corrected chi connectivity index (χ4v) is 2.32. The van der Waals surface area contributed by atoms with Crippen LogP contribution in [0.5, 0.6) is 0 Å². The molecule has 0 radical (unpaired) electrons. The summed E-state index contributed by atoms with van der Waals surface area (Å²) in [6, 6.07) is 2.13. The molecule has 2 aromatic rings. The molecule has 4 heteroatoms. The van der Waals surface area contributed by atoms with Crippen LogP contribution in [0.4, 0.5) is 0 Å². The van der Waals surface area contributed by atoms with Gasteiger partial charge in [0.1, 0.15) is 5.69 Å². The molecule has 92 valence electrons. The zero-order valence-electron chi connectivity index (χ0n) is 10.4. The van der Waals surface area contributed by atoms with Gasteiger partial charge in [0, 0.05) is 24.3 Å². The standard InChI is InChI=1S/C14H16N4/c1-3-4-5-10-6-12(16-9(10)2)14-11-7-15-8-13(11)17-18-14/h3-6,15-16H,1,7-8H2,2H3,(H,17,18)/b5-4-. The van der Waals surface area contributed by atoms with E-state index in [2.05, 4.69) is 40.1 Å². The number of aromatic amines is 2. The average Bonchev–Trinajstić information content (AvgIpc) is 3.01. The van der Waals surface area contributed by atoms with Crippen LogP contribution < -0.4 is 5.32 Å². The Morgan fingerprint density at radius 3 is 3.11 bits per heavy atom. The Labute approximate surface area is 106 Å². The van der Waals surface area contributed by atoms with Crippen LogP contribution in [-0.4, -0.2) is 15.2 Å². The SMILES string of the molecule is C=C/C=C\c1cc(-c2n[nH]c3c2CNC3)[nH]c1C. The Morgan fingerprint density at radius 1 is 1.39 bits per heavy atom. The van der Waals surface area contributed by atoms with Gasteiger partial charge in [0.25, 0.3) is 0 Å². The molecule has 18 heavy (non-hydrogen) atoms. The normalized spacial score (nSPS) is 14.3. The predicted molar refractivity (Wildman–Crippen MR) is 72.9 cm³/mol. The molecule has 0 aliphatic carbocycles. The van der Waals surface area contributed by atoms with Gasteiger partial charge < -0.3 is 10.3 Å². The van der Waals surface area contributed by atoms with Gasteiger partial charge in [-0.15, -0.1) is 0 Å². The van der Waals surface area contributed by atoms with Crippen molar-refractivity contribution in [3.8, 4) is 11.4 Å². The molecule has 0 aromatic carbocycles. The van der Waals surface area contributed by atoms with Crippen LogP contribution in [0.25, 0.3) is 17.5 Å². The Kier molecular flexibility index (Phi) is 2.64. The van der Waals surface area contributed by atoms with Crippen LogP contribution in [0.1, 0.15) is 22.5 Å². The lowest BCUT2D eigenvalue weighted by Gasteiger charge is -1.95. The fraction of sp³-hybridized carbons (Fsp3) is 0.214. The zero-order chi connectivity index (χ0) is 12.5. The van der Waals surface area contributed by atoms with E-state index >= 15 is 0 Å². The van der Waals surface area contributed by atoms with Gasteiger partial charge in [-0.3, -0.25) is 5.10 Å². The number of nitrogens with zero attached hydrogens (tertiary/aromatic N) is 1. The quantitative estimate of drug-likeness (QED) is 0.722. The highest BCUT2D eigenvalue weighted by Crippen LogP contribution is 2.28. The monoisotopic (exact) mass is 240 g/mol. The smallest absolute Gasteiger partial charge is 0.113 e. The first-order chi connectivity index (χ1) is 8.79. The molecule has 0 unspecified atom stereocenters. The molecule has 0 amide bonds. The summed E-state index contributed by atoms with van der Waals surface area (Å²) < 4.78 is 0. The summed E-state index contributed by atoms with van der Waals surface area (Å²) >= 11 is 0. The predicted octanol–water partition coefficient (Wildman–Crippen LogP) is 2.52. The summed E-state index contributed by atoms with van der Waals surface area (Å²) in [5.74, 6) is 0. The second kappa shape index (κ2) is 4.31. The van der Waals surface area contributed by atoms with Crippen LogP contribution in [0, 0.1) is 6.92 Å². The lowest BCUT2D eigenvalue weighted by Crippen LogP contribution is -2.02. The van der Waals surface area contributed by atoms with Crippen molar-refractivity contribution >= 4 is 6.08 Å². The van der Waals surface area contributed by atoms with Gasteiger partial charge in [-0.2, -0.15) is 5.10 Å². The van der Waals surface area contributed by atoms with Crippen molar-refractivity contribution in [1.82, 2.24) is 20.5 Å². The molecule has 0 saturated heterocycles. The molecule has 0 fully saturated rings. The largest absolute Gasteiger partial charge is 0.357 e. The van der Waals surface area contributed by atoms with Gasteiger partial charge in [-0.25, -0.2) is 0 Å². The Bertz CT molecular complexity index is 616. The molecule has 3 rings (SSSR count). The Morgan fingerprint density at radius 2 is 2.28 bits per heavy atom. The van der Waals surface area contributed by atoms with Crippen LogP contribution in [-0.2, 0) is 13.1 Å². The van der Waals surface area contributed by atoms with Gasteiger partial charge >= 0.3 is 0 Å². The summed E-state index contributed by atoms with van der Waals surface area (Å²) in [6.45, 7) is 7.52. The van der Waals surface area contributed by atoms with Gasteiger partial charge in [-0.1, -0.05) is 24.8 Å². The number of rotatable bonds is 3. The Hall–Kier alpha value is -2.07. The molecule has 0 bridgehead atoms. The summed E-state index contributed by atoms with van der Waals surface area (Å²) in [7, 11) is 0. The number of allylic oxidation sites excluding steroid dienone is 2. The van der Waals surface area contributed by atoms with Crippen molar-refractivity contribution in [3.05, 3.63) is 47.3 Å². The number of H-pyrrole nitrogens is 2. The molecule has 0 spiro atoms. The van der Waals surface area contributed by atoms with E-state index in [1.807, 2.05) is 12.2 Å². The molecule has 2 aromatic heterocycles. The summed E-state index contributed by atoms with van der Waals surface area (Å²) in [4.78, 5) is 3.39. The lowest BCUT2D eigenvalue weighted by atomic mass is 10.1. The minimum atomic E-state index is 0.880. The number of hydrogen-bond donors (Lipinski definition) is 3. The molecular weight excluding hydrogens is 224 g/mol. The number of aryl methyl sites for hydroxylation is 1. The van der Waals surface area contributed by atoms with Gasteiger partial charge in [0.05, 0.1) is 11.4 Å². The minimum absolute atomic E-state index is 0.880. The van der Waals surface area contributed by atoms with Crippen LogP contribution >= 0.6 is 0 Å². The van der Waals surface area contributed by atoms with Crippen molar-refractivity contribution in [2.45, 2.75) is 20.0 Å². The maximum Gasteiger partial charge on any atom is 0.113 e. The third-order valence-electron chi connectivity index (χ3n) is 3.28. The third kappa shape index (κ3) is 1.71. The number of nitrogens with one attached hydrogen (secondary N) is 3. The highest BCUT2D eigenvalue weighted by Gasteiger charge is 2.20. The van der Waals surface area contributed by atoms with E-state index in [0.29, 0.717) is 0 Å². The van der Waals surface area contributed by atoms with Gasteiger partial charge in [-0.05, 0) is 18.6 Å². The van der Waals surface area contributed by atoms with Gasteiger partial charge in [0.15, 0.2) is 0 Å².